The predicted octanol–water partition coefficient (Wildman–Crippen LogP) is 4.16. The maximum absolute atomic E-state index is 13.6. The summed E-state index contributed by atoms with van der Waals surface area (Å²) >= 11 is 6.34. The Kier molecular flexibility index (Phi) is 3.88. The molecule has 2 heterocycles. The number of halogens is 4. The summed E-state index contributed by atoms with van der Waals surface area (Å²) in [5.74, 6) is -1.50. The normalized spacial score (nSPS) is 19.4. The quantitative estimate of drug-likeness (QED) is 0.581. The number of hydrogen-bond acceptors (Lipinski definition) is 4. The number of hydrogen-bond donors (Lipinski definition) is 1. The van der Waals surface area contributed by atoms with Crippen LogP contribution in [-0.2, 0) is 0 Å². The summed E-state index contributed by atoms with van der Waals surface area (Å²) in [6, 6.07) is 2.89. The number of aromatic hydroxyl groups is 1. The third-order valence-electron chi connectivity index (χ3n) is 4.03. The van der Waals surface area contributed by atoms with Gasteiger partial charge in [0.05, 0.1) is 27.0 Å². The number of phenols is 1. The van der Waals surface area contributed by atoms with Gasteiger partial charge < -0.3 is 5.11 Å². The minimum Gasteiger partial charge on any atom is -0.506 e. The van der Waals surface area contributed by atoms with E-state index in [1.165, 1.54) is 16.5 Å². The molecule has 5 nitrogen and oxygen atoms in total. The Bertz CT molecular complexity index is 1010. The molecule has 1 aliphatic rings. The topological polar surface area (TPSA) is 67.5 Å². The molecule has 3 aromatic rings. The molecule has 0 radical (unpaired) electrons. The van der Waals surface area contributed by atoms with Crippen molar-refractivity contribution in [1.82, 2.24) is 14.4 Å². The molecule has 0 saturated heterocycles. The Labute approximate surface area is 157 Å². The van der Waals surface area contributed by atoms with E-state index >= 15 is 0 Å². The van der Waals surface area contributed by atoms with E-state index < -0.39 is 23.7 Å². The lowest BCUT2D eigenvalue weighted by Gasteiger charge is -2.07. The van der Waals surface area contributed by atoms with Crippen molar-refractivity contribution in [3.05, 3.63) is 56.2 Å². The van der Waals surface area contributed by atoms with Crippen molar-refractivity contribution < 1.29 is 18.7 Å². The summed E-state index contributed by atoms with van der Waals surface area (Å²) in [5, 5.41) is 9.81. The first-order valence-corrected chi connectivity index (χ1v) is 8.85. The monoisotopic (exact) mass is 471 g/mol. The highest BCUT2D eigenvalue weighted by atomic mass is 79.9. The number of fused-ring (bicyclic) bond motifs is 1. The van der Waals surface area contributed by atoms with E-state index in [1.807, 2.05) is 0 Å². The third kappa shape index (κ3) is 2.75. The fourth-order valence-corrected chi connectivity index (χ4v) is 3.88. The second kappa shape index (κ2) is 5.84. The Balaban J connectivity index is 1.93. The zero-order valence-electron chi connectivity index (χ0n) is 12.4. The van der Waals surface area contributed by atoms with Gasteiger partial charge in [0.2, 0.25) is 11.6 Å². The van der Waals surface area contributed by atoms with Gasteiger partial charge in [-0.1, -0.05) is 0 Å². The SMILES string of the molecule is O=C(c1cc(Br)c(O)c(Br)c1)c1c([C@H]2C[C@@H]2F)nc2ncc(F)cn12. The Morgan fingerprint density at radius 2 is 1.96 bits per heavy atom. The molecule has 1 aliphatic carbocycles. The lowest BCUT2D eigenvalue weighted by molar-refractivity contribution is 0.103. The minimum atomic E-state index is -1.07. The van der Waals surface area contributed by atoms with Gasteiger partial charge in [0.15, 0.2) is 5.82 Å². The smallest absolute Gasteiger partial charge is 0.234 e. The fourth-order valence-electron chi connectivity index (χ4n) is 2.69. The molecule has 4 rings (SSSR count). The summed E-state index contributed by atoms with van der Waals surface area (Å²) in [6.07, 6.45) is 1.30. The molecule has 0 unspecified atom stereocenters. The number of benzene rings is 1. The van der Waals surface area contributed by atoms with E-state index in [-0.39, 0.29) is 34.9 Å². The molecular weight excluding hydrogens is 464 g/mol. The average molecular weight is 473 g/mol. The number of imidazole rings is 1. The van der Waals surface area contributed by atoms with Crippen LogP contribution in [0.5, 0.6) is 5.75 Å². The highest BCUT2D eigenvalue weighted by molar-refractivity contribution is 9.11. The van der Waals surface area contributed by atoms with E-state index in [1.54, 1.807) is 0 Å². The summed E-state index contributed by atoms with van der Waals surface area (Å²) < 4.78 is 29.1. The van der Waals surface area contributed by atoms with Crippen LogP contribution < -0.4 is 0 Å². The van der Waals surface area contributed by atoms with Crippen molar-refractivity contribution in [2.45, 2.75) is 18.5 Å². The number of aromatic nitrogens is 3. The van der Waals surface area contributed by atoms with Gasteiger partial charge in [0.25, 0.3) is 0 Å². The summed E-state index contributed by atoms with van der Waals surface area (Å²) in [7, 11) is 0. The number of carbonyl (C=O) groups is 1. The number of nitrogens with zero attached hydrogens (tertiary/aromatic N) is 3. The first kappa shape index (κ1) is 16.6. The average Bonchev–Trinajstić information content (AvgIpc) is 3.17. The maximum Gasteiger partial charge on any atom is 0.234 e. The second-order valence-corrected chi connectivity index (χ2v) is 7.47. The van der Waals surface area contributed by atoms with Crippen LogP contribution in [0.2, 0.25) is 0 Å². The molecule has 1 fully saturated rings. The molecule has 0 amide bonds. The molecule has 1 saturated carbocycles. The number of ketones is 1. The van der Waals surface area contributed by atoms with Crippen LogP contribution in [0, 0.1) is 5.82 Å². The van der Waals surface area contributed by atoms with Gasteiger partial charge in [0, 0.05) is 11.5 Å². The Morgan fingerprint density at radius 1 is 1.32 bits per heavy atom. The van der Waals surface area contributed by atoms with Crippen LogP contribution in [-0.4, -0.2) is 31.4 Å². The largest absolute Gasteiger partial charge is 0.506 e. The zero-order valence-corrected chi connectivity index (χ0v) is 15.6. The van der Waals surface area contributed by atoms with Crippen LogP contribution in [0.4, 0.5) is 8.78 Å². The van der Waals surface area contributed by atoms with Crippen LogP contribution in [0.15, 0.2) is 33.5 Å². The van der Waals surface area contributed by atoms with Crippen LogP contribution in [0.25, 0.3) is 5.78 Å². The van der Waals surface area contributed by atoms with Crippen LogP contribution >= 0.6 is 31.9 Å². The van der Waals surface area contributed by atoms with Gasteiger partial charge in [-0.05, 0) is 50.4 Å². The highest BCUT2D eigenvalue weighted by Crippen LogP contribution is 2.45. The molecule has 2 atom stereocenters. The van der Waals surface area contributed by atoms with E-state index in [0.29, 0.717) is 8.95 Å². The Morgan fingerprint density at radius 3 is 2.56 bits per heavy atom. The fraction of sp³-hybridized carbons (Fsp3) is 0.188. The lowest BCUT2D eigenvalue weighted by Crippen LogP contribution is -2.09. The van der Waals surface area contributed by atoms with Gasteiger partial charge >= 0.3 is 0 Å². The third-order valence-corrected chi connectivity index (χ3v) is 5.24. The van der Waals surface area contributed by atoms with Crippen molar-refractivity contribution in [3.63, 3.8) is 0 Å². The van der Waals surface area contributed by atoms with Gasteiger partial charge in [-0.15, -0.1) is 0 Å². The number of carbonyl (C=O) groups excluding carboxylic acids is 1. The van der Waals surface area contributed by atoms with E-state index in [0.717, 1.165) is 12.4 Å². The summed E-state index contributed by atoms with van der Waals surface area (Å²) in [5.41, 5.74) is 0.590. The molecule has 1 aromatic carbocycles. The van der Waals surface area contributed by atoms with E-state index in [9.17, 15) is 18.7 Å². The van der Waals surface area contributed by atoms with Gasteiger partial charge in [-0.25, -0.2) is 18.7 Å². The zero-order chi connectivity index (χ0) is 17.9. The van der Waals surface area contributed by atoms with Crippen molar-refractivity contribution >= 4 is 43.4 Å². The highest BCUT2D eigenvalue weighted by Gasteiger charge is 2.44. The minimum absolute atomic E-state index is 0.0476. The Hall–Kier alpha value is -1.87. The standard InChI is InChI=1S/C16H9Br2F2N3O2/c17-9-1-6(2-10(18)15(9)25)14(24)13-12(8-3-11(8)20)22-16-21-4-7(19)5-23(13)16/h1-2,4-5,8,11,25H,3H2/t8-,11-/m0/s1. The van der Waals surface area contributed by atoms with Crippen LogP contribution in [0.3, 0.4) is 0 Å². The van der Waals surface area contributed by atoms with Gasteiger partial charge in [0.1, 0.15) is 17.6 Å². The van der Waals surface area contributed by atoms with E-state index in [2.05, 4.69) is 41.8 Å². The number of phenolic OH excluding ortho intramolecular Hbond substituents is 1. The second-order valence-electron chi connectivity index (χ2n) is 5.76. The number of rotatable bonds is 3. The van der Waals surface area contributed by atoms with Crippen molar-refractivity contribution in [2.75, 3.05) is 0 Å². The predicted molar refractivity (Wildman–Crippen MR) is 92.1 cm³/mol. The first-order valence-electron chi connectivity index (χ1n) is 7.27. The van der Waals surface area contributed by atoms with Gasteiger partial charge in [-0.3, -0.25) is 9.20 Å². The first-order chi connectivity index (χ1) is 11.9. The molecular formula is C16H9Br2F2N3O2. The molecule has 9 heteroatoms. The molecule has 0 aliphatic heterocycles. The van der Waals surface area contributed by atoms with E-state index in [4.69, 9.17) is 0 Å². The van der Waals surface area contributed by atoms with Crippen molar-refractivity contribution in [2.24, 2.45) is 0 Å². The maximum atomic E-state index is 13.6. The molecule has 25 heavy (non-hydrogen) atoms. The van der Waals surface area contributed by atoms with Crippen LogP contribution in [0.1, 0.15) is 34.1 Å². The van der Waals surface area contributed by atoms with Crippen molar-refractivity contribution in [1.29, 1.82) is 0 Å². The van der Waals surface area contributed by atoms with Crippen molar-refractivity contribution in [3.8, 4) is 5.75 Å². The number of alkyl halides is 1. The molecule has 128 valence electrons. The summed E-state index contributed by atoms with van der Waals surface area (Å²) in [6.45, 7) is 0. The summed E-state index contributed by atoms with van der Waals surface area (Å²) in [4.78, 5) is 21.1. The molecule has 0 bridgehead atoms. The van der Waals surface area contributed by atoms with Gasteiger partial charge in [-0.2, -0.15) is 0 Å². The molecule has 2 aromatic heterocycles. The molecule has 0 spiro atoms. The lowest BCUT2D eigenvalue weighted by atomic mass is 10.0. The molecule has 1 N–H and O–H groups in total.